The second-order valence-corrected chi connectivity index (χ2v) is 10.6. The van der Waals surface area contributed by atoms with Crippen molar-refractivity contribution in [3.8, 4) is 0 Å². The standard InChI is InChI=1S/C20H24N2O7S2/c1-4-22(14-7-9-31(26,27)11-14)19(24)13(3)29-20(25)17-12(2)10-16(30-17)21-18(23)15-6-5-8-28-15/h5-6,8,10,13-14H,4,7,9,11H2,1-3H3,(H,21,23). The third-order valence-corrected chi connectivity index (χ3v) is 7.87. The van der Waals surface area contributed by atoms with E-state index < -0.39 is 39.8 Å². The van der Waals surface area contributed by atoms with Gasteiger partial charge in [0.1, 0.15) is 4.88 Å². The lowest BCUT2D eigenvalue weighted by Crippen LogP contribution is -2.46. The van der Waals surface area contributed by atoms with Crippen LogP contribution in [-0.4, -0.2) is 61.3 Å². The average Bonchev–Trinajstić information content (AvgIpc) is 3.43. The van der Waals surface area contributed by atoms with Gasteiger partial charge in [0.25, 0.3) is 11.8 Å². The highest BCUT2D eigenvalue weighted by atomic mass is 32.2. The summed E-state index contributed by atoms with van der Waals surface area (Å²) in [5.41, 5.74) is 0.596. The van der Waals surface area contributed by atoms with Gasteiger partial charge in [0.2, 0.25) is 0 Å². The molecule has 1 fully saturated rings. The molecule has 3 rings (SSSR count). The number of likely N-dealkylation sites (N-methyl/N-ethyl adjacent to an activating group) is 1. The van der Waals surface area contributed by atoms with E-state index in [9.17, 15) is 22.8 Å². The summed E-state index contributed by atoms with van der Waals surface area (Å²) in [4.78, 5) is 39.3. The van der Waals surface area contributed by atoms with Crippen molar-refractivity contribution in [2.24, 2.45) is 0 Å². The van der Waals surface area contributed by atoms with Crippen LogP contribution in [0.15, 0.2) is 28.9 Å². The van der Waals surface area contributed by atoms with Gasteiger partial charge in [0.05, 0.1) is 22.8 Å². The minimum absolute atomic E-state index is 0.0521. The number of carbonyl (C=O) groups is 3. The predicted octanol–water partition coefficient (Wildman–Crippen LogP) is 2.48. The first kappa shape index (κ1) is 23.0. The Balaban J connectivity index is 1.64. The van der Waals surface area contributed by atoms with Crippen LogP contribution in [0.4, 0.5) is 5.00 Å². The van der Waals surface area contributed by atoms with E-state index in [2.05, 4.69) is 5.32 Å². The number of esters is 1. The number of aryl methyl sites for hydroxylation is 1. The van der Waals surface area contributed by atoms with Gasteiger partial charge >= 0.3 is 5.97 Å². The van der Waals surface area contributed by atoms with Gasteiger partial charge in [-0.25, -0.2) is 13.2 Å². The number of nitrogens with zero attached hydrogens (tertiary/aromatic N) is 1. The topological polar surface area (TPSA) is 123 Å². The van der Waals surface area contributed by atoms with Crippen molar-refractivity contribution >= 4 is 44.0 Å². The minimum atomic E-state index is -3.15. The normalized spacial score (nSPS) is 18.4. The van der Waals surface area contributed by atoms with Crippen LogP contribution < -0.4 is 5.32 Å². The Morgan fingerprint density at radius 3 is 2.71 bits per heavy atom. The molecule has 0 aliphatic carbocycles. The maximum absolute atomic E-state index is 12.8. The van der Waals surface area contributed by atoms with Crippen molar-refractivity contribution in [1.29, 1.82) is 0 Å². The third kappa shape index (κ3) is 5.34. The highest BCUT2D eigenvalue weighted by molar-refractivity contribution is 7.91. The number of ether oxygens (including phenoxy) is 1. The van der Waals surface area contributed by atoms with E-state index in [1.807, 2.05) is 0 Å². The Morgan fingerprint density at radius 2 is 2.13 bits per heavy atom. The molecule has 1 saturated heterocycles. The molecule has 168 valence electrons. The minimum Gasteiger partial charge on any atom is -0.459 e. The molecule has 2 aromatic heterocycles. The molecule has 0 bridgehead atoms. The maximum Gasteiger partial charge on any atom is 0.349 e. The number of sulfone groups is 1. The third-order valence-electron chi connectivity index (χ3n) is 4.99. The molecule has 1 aliphatic rings. The van der Waals surface area contributed by atoms with E-state index in [-0.39, 0.29) is 22.1 Å². The molecule has 9 nitrogen and oxygen atoms in total. The zero-order valence-electron chi connectivity index (χ0n) is 17.4. The molecular weight excluding hydrogens is 444 g/mol. The first-order valence-electron chi connectivity index (χ1n) is 9.78. The summed E-state index contributed by atoms with van der Waals surface area (Å²) in [7, 11) is -3.15. The van der Waals surface area contributed by atoms with Crippen LogP contribution >= 0.6 is 11.3 Å². The summed E-state index contributed by atoms with van der Waals surface area (Å²) in [5.74, 6) is -1.44. The number of hydrogen-bond acceptors (Lipinski definition) is 8. The number of hydrogen-bond donors (Lipinski definition) is 1. The van der Waals surface area contributed by atoms with Crippen molar-refractivity contribution in [3.05, 3.63) is 40.7 Å². The lowest BCUT2D eigenvalue weighted by atomic mass is 10.2. The Bertz CT molecular complexity index is 1070. The van der Waals surface area contributed by atoms with Crippen molar-refractivity contribution < 1.29 is 32.0 Å². The summed E-state index contributed by atoms with van der Waals surface area (Å²) in [6.45, 7) is 5.25. The van der Waals surface area contributed by atoms with E-state index in [1.54, 1.807) is 26.0 Å². The van der Waals surface area contributed by atoms with Gasteiger partial charge in [-0.15, -0.1) is 11.3 Å². The molecule has 31 heavy (non-hydrogen) atoms. The summed E-state index contributed by atoms with van der Waals surface area (Å²) in [6.07, 6.45) is 0.695. The molecule has 3 heterocycles. The van der Waals surface area contributed by atoms with E-state index in [0.717, 1.165) is 11.3 Å². The van der Waals surface area contributed by atoms with E-state index in [4.69, 9.17) is 9.15 Å². The molecule has 11 heteroatoms. The van der Waals surface area contributed by atoms with E-state index in [0.29, 0.717) is 23.5 Å². The van der Waals surface area contributed by atoms with Crippen molar-refractivity contribution in [1.82, 2.24) is 4.90 Å². The molecule has 0 saturated carbocycles. The number of furan rings is 1. The SMILES string of the molecule is CCN(C(=O)C(C)OC(=O)c1sc(NC(=O)c2ccco2)cc1C)C1CCS(=O)(=O)C1. The second kappa shape index (κ2) is 9.23. The molecule has 0 aromatic carbocycles. The highest BCUT2D eigenvalue weighted by Crippen LogP contribution is 2.28. The Hall–Kier alpha value is -2.66. The van der Waals surface area contributed by atoms with Crippen LogP contribution in [0.5, 0.6) is 0 Å². The van der Waals surface area contributed by atoms with Gasteiger partial charge in [0.15, 0.2) is 21.7 Å². The molecule has 1 N–H and O–H groups in total. The first-order valence-corrected chi connectivity index (χ1v) is 12.4. The van der Waals surface area contributed by atoms with Gasteiger partial charge in [0, 0.05) is 12.6 Å². The number of nitrogens with one attached hydrogen (secondary N) is 1. The summed E-state index contributed by atoms with van der Waals surface area (Å²) < 4.78 is 33.9. The molecule has 2 atom stereocenters. The summed E-state index contributed by atoms with van der Waals surface area (Å²) in [6, 6.07) is 4.34. The van der Waals surface area contributed by atoms with Gasteiger partial charge in [-0.05, 0) is 51.0 Å². The highest BCUT2D eigenvalue weighted by Gasteiger charge is 2.36. The molecule has 2 amide bonds. The zero-order chi connectivity index (χ0) is 22.8. The lowest BCUT2D eigenvalue weighted by molar-refractivity contribution is -0.141. The second-order valence-electron chi connectivity index (χ2n) is 7.28. The van der Waals surface area contributed by atoms with Gasteiger partial charge in [-0.1, -0.05) is 0 Å². The molecular formula is C20H24N2O7S2. The van der Waals surface area contributed by atoms with Crippen molar-refractivity contribution in [2.45, 2.75) is 39.3 Å². The van der Waals surface area contributed by atoms with E-state index in [1.165, 1.54) is 24.2 Å². The number of thiophene rings is 1. The summed E-state index contributed by atoms with van der Waals surface area (Å²) >= 11 is 1.03. The number of rotatable bonds is 7. The van der Waals surface area contributed by atoms with Crippen LogP contribution in [0.3, 0.4) is 0 Å². The number of anilines is 1. The van der Waals surface area contributed by atoms with Crippen LogP contribution in [-0.2, 0) is 19.4 Å². The Morgan fingerprint density at radius 1 is 1.39 bits per heavy atom. The quantitative estimate of drug-likeness (QED) is 0.619. The fourth-order valence-corrected chi connectivity index (χ4v) is 6.12. The van der Waals surface area contributed by atoms with Crippen LogP contribution in [0.25, 0.3) is 0 Å². The molecule has 1 aliphatic heterocycles. The van der Waals surface area contributed by atoms with E-state index >= 15 is 0 Å². The van der Waals surface area contributed by atoms with Gasteiger partial charge in [-0.3, -0.25) is 9.59 Å². The zero-order valence-corrected chi connectivity index (χ0v) is 19.0. The number of carbonyl (C=O) groups excluding carboxylic acids is 3. The van der Waals surface area contributed by atoms with Crippen LogP contribution in [0.2, 0.25) is 0 Å². The monoisotopic (exact) mass is 468 g/mol. The fourth-order valence-electron chi connectivity index (χ4n) is 3.44. The molecule has 0 spiro atoms. The smallest absolute Gasteiger partial charge is 0.349 e. The molecule has 2 aromatic rings. The van der Waals surface area contributed by atoms with Crippen LogP contribution in [0, 0.1) is 6.92 Å². The van der Waals surface area contributed by atoms with Crippen molar-refractivity contribution in [3.63, 3.8) is 0 Å². The maximum atomic E-state index is 12.8. The Kier molecular flexibility index (Phi) is 6.85. The van der Waals surface area contributed by atoms with Gasteiger partial charge < -0.3 is 19.4 Å². The summed E-state index contributed by atoms with van der Waals surface area (Å²) in [5, 5.41) is 3.10. The number of amides is 2. The average molecular weight is 469 g/mol. The first-order chi connectivity index (χ1) is 14.6. The van der Waals surface area contributed by atoms with Crippen molar-refractivity contribution in [2.75, 3.05) is 23.4 Å². The Labute approximate surface area is 184 Å². The largest absolute Gasteiger partial charge is 0.459 e. The van der Waals surface area contributed by atoms with Gasteiger partial charge in [-0.2, -0.15) is 0 Å². The molecule has 0 radical (unpaired) electrons. The lowest BCUT2D eigenvalue weighted by Gasteiger charge is -2.29. The fraction of sp³-hybridized carbons (Fsp3) is 0.450. The van der Waals surface area contributed by atoms with Crippen LogP contribution in [0.1, 0.15) is 46.1 Å². The molecule has 2 unspecified atom stereocenters. The predicted molar refractivity (Wildman–Crippen MR) is 115 cm³/mol.